The molecule has 0 saturated carbocycles. The molecular formula is C15H15F3N2OS. The first kappa shape index (κ1) is 16.5. The second kappa shape index (κ2) is 6.91. The maximum atomic E-state index is 12.7. The molecule has 2 aromatic rings. The van der Waals surface area contributed by atoms with E-state index < -0.39 is 11.7 Å². The molecule has 22 heavy (non-hydrogen) atoms. The molecule has 0 fully saturated rings. The molecular weight excluding hydrogens is 313 g/mol. The van der Waals surface area contributed by atoms with Gasteiger partial charge in [0.2, 0.25) is 5.91 Å². The fourth-order valence-electron chi connectivity index (χ4n) is 1.91. The van der Waals surface area contributed by atoms with Gasteiger partial charge in [-0.15, -0.1) is 11.3 Å². The molecule has 118 valence electrons. The lowest BCUT2D eigenvalue weighted by molar-refractivity contribution is -0.137. The third kappa shape index (κ3) is 4.56. The van der Waals surface area contributed by atoms with Crippen LogP contribution in [-0.2, 0) is 17.4 Å². The predicted octanol–water partition coefficient (Wildman–Crippen LogP) is 4.49. The van der Waals surface area contributed by atoms with E-state index in [2.05, 4.69) is 10.3 Å². The van der Waals surface area contributed by atoms with E-state index in [9.17, 15) is 18.0 Å². The molecule has 0 atom stereocenters. The second-order valence-corrected chi connectivity index (χ2v) is 5.92. The van der Waals surface area contributed by atoms with Crippen LogP contribution in [0.15, 0.2) is 30.5 Å². The molecule has 1 amide bonds. The Morgan fingerprint density at radius 3 is 2.82 bits per heavy atom. The molecule has 1 heterocycles. The lowest BCUT2D eigenvalue weighted by Crippen LogP contribution is -2.09. The number of nitrogens with one attached hydrogen (secondary N) is 1. The maximum Gasteiger partial charge on any atom is 0.416 e. The van der Waals surface area contributed by atoms with Crippen molar-refractivity contribution < 1.29 is 18.0 Å². The smallest absolute Gasteiger partial charge is 0.302 e. The summed E-state index contributed by atoms with van der Waals surface area (Å²) >= 11 is 1.27. The van der Waals surface area contributed by atoms with Crippen LogP contribution >= 0.6 is 11.3 Å². The van der Waals surface area contributed by atoms with Gasteiger partial charge in [0.25, 0.3) is 0 Å². The Morgan fingerprint density at radius 1 is 1.36 bits per heavy atom. The molecule has 0 bridgehead atoms. The van der Waals surface area contributed by atoms with E-state index in [0.29, 0.717) is 23.5 Å². The summed E-state index contributed by atoms with van der Waals surface area (Å²) < 4.78 is 38.0. The highest BCUT2D eigenvalue weighted by Crippen LogP contribution is 2.30. The third-order valence-electron chi connectivity index (χ3n) is 2.91. The number of thiazole rings is 1. The third-order valence-corrected chi connectivity index (χ3v) is 3.82. The van der Waals surface area contributed by atoms with Gasteiger partial charge in [-0.1, -0.05) is 25.1 Å². The number of alkyl halides is 3. The minimum atomic E-state index is -4.34. The van der Waals surface area contributed by atoms with Gasteiger partial charge >= 0.3 is 6.18 Å². The van der Waals surface area contributed by atoms with Gasteiger partial charge in [-0.25, -0.2) is 4.98 Å². The number of hydrogen-bond donors (Lipinski definition) is 1. The maximum absolute atomic E-state index is 12.7. The fourth-order valence-corrected chi connectivity index (χ4v) is 2.78. The zero-order valence-electron chi connectivity index (χ0n) is 11.9. The van der Waals surface area contributed by atoms with E-state index in [-0.39, 0.29) is 5.91 Å². The number of nitrogens with zero attached hydrogens (tertiary/aromatic N) is 1. The minimum Gasteiger partial charge on any atom is -0.302 e. The first-order chi connectivity index (χ1) is 10.4. The van der Waals surface area contributed by atoms with Crippen molar-refractivity contribution in [3.63, 3.8) is 0 Å². The SMILES string of the molecule is CCCC(=O)Nc1ncc(Cc2cccc(C(F)(F)F)c2)s1. The Labute approximate surface area is 130 Å². The number of carbonyl (C=O) groups excluding carboxylic acids is 1. The van der Waals surface area contributed by atoms with Crippen molar-refractivity contribution in [3.05, 3.63) is 46.5 Å². The van der Waals surface area contributed by atoms with E-state index in [4.69, 9.17) is 0 Å². The van der Waals surface area contributed by atoms with Gasteiger partial charge < -0.3 is 5.32 Å². The summed E-state index contributed by atoms with van der Waals surface area (Å²) in [4.78, 5) is 16.3. The van der Waals surface area contributed by atoms with Crippen molar-refractivity contribution >= 4 is 22.4 Å². The largest absolute Gasteiger partial charge is 0.416 e. The average molecular weight is 328 g/mol. The number of carbonyl (C=O) groups is 1. The Kier molecular flexibility index (Phi) is 5.18. The number of halogens is 3. The van der Waals surface area contributed by atoms with Crippen molar-refractivity contribution in [2.45, 2.75) is 32.4 Å². The van der Waals surface area contributed by atoms with Crippen LogP contribution in [0.2, 0.25) is 0 Å². The van der Waals surface area contributed by atoms with E-state index in [0.717, 1.165) is 23.4 Å². The summed E-state index contributed by atoms with van der Waals surface area (Å²) in [5.41, 5.74) is -0.101. The van der Waals surface area contributed by atoms with Gasteiger partial charge in [0.15, 0.2) is 5.13 Å². The number of anilines is 1. The first-order valence-corrected chi connectivity index (χ1v) is 7.61. The van der Waals surface area contributed by atoms with Crippen molar-refractivity contribution in [2.75, 3.05) is 5.32 Å². The zero-order chi connectivity index (χ0) is 16.2. The number of amides is 1. The standard InChI is InChI=1S/C15H15F3N2OS/c1-2-4-13(21)20-14-19-9-12(22-14)8-10-5-3-6-11(7-10)15(16,17)18/h3,5-7,9H,2,4,8H2,1H3,(H,19,20,21). The van der Waals surface area contributed by atoms with Crippen LogP contribution in [0, 0.1) is 0 Å². The first-order valence-electron chi connectivity index (χ1n) is 6.79. The summed E-state index contributed by atoms with van der Waals surface area (Å²) in [6, 6.07) is 5.22. The molecule has 0 spiro atoms. The van der Waals surface area contributed by atoms with E-state index in [1.54, 1.807) is 12.3 Å². The lowest BCUT2D eigenvalue weighted by Gasteiger charge is -2.07. The van der Waals surface area contributed by atoms with Gasteiger partial charge in [0, 0.05) is 23.9 Å². The summed E-state index contributed by atoms with van der Waals surface area (Å²) in [6.07, 6.45) is -1.25. The van der Waals surface area contributed by atoms with Crippen molar-refractivity contribution in [1.29, 1.82) is 0 Å². The van der Waals surface area contributed by atoms with Crippen LogP contribution in [0.25, 0.3) is 0 Å². The van der Waals surface area contributed by atoms with Crippen molar-refractivity contribution in [3.8, 4) is 0 Å². The lowest BCUT2D eigenvalue weighted by atomic mass is 10.1. The number of benzene rings is 1. The van der Waals surface area contributed by atoms with Gasteiger partial charge in [-0.05, 0) is 18.1 Å². The average Bonchev–Trinajstić information content (AvgIpc) is 2.85. The topological polar surface area (TPSA) is 42.0 Å². The van der Waals surface area contributed by atoms with Gasteiger partial charge in [0.1, 0.15) is 0 Å². The molecule has 7 heteroatoms. The van der Waals surface area contributed by atoms with Gasteiger partial charge in [-0.2, -0.15) is 13.2 Å². The molecule has 0 saturated heterocycles. The van der Waals surface area contributed by atoms with Gasteiger partial charge in [-0.3, -0.25) is 4.79 Å². The van der Waals surface area contributed by atoms with Crippen LogP contribution in [0.5, 0.6) is 0 Å². The van der Waals surface area contributed by atoms with Crippen LogP contribution in [0.1, 0.15) is 35.8 Å². The summed E-state index contributed by atoms with van der Waals surface area (Å²) in [6.45, 7) is 1.90. The molecule has 0 aliphatic carbocycles. The summed E-state index contributed by atoms with van der Waals surface area (Å²) in [7, 11) is 0. The molecule has 1 aromatic carbocycles. The van der Waals surface area contributed by atoms with Crippen LogP contribution in [0.3, 0.4) is 0 Å². The highest BCUT2D eigenvalue weighted by Gasteiger charge is 2.30. The van der Waals surface area contributed by atoms with E-state index >= 15 is 0 Å². The molecule has 0 aliphatic rings. The van der Waals surface area contributed by atoms with E-state index in [1.165, 1.54) is 17.4 Å². The highest BCUT2D eigenvalue weighted by molar-refractivity contribution is 7.15. The Bertz CT molecular complexity index is 652. The predicted molar refractivity (Wildman–Crippen MR) is 79.9 cm³/mol. The molecule has 3 nitrogen and oxygen atoms in total. The molecule has 1 aromatic heterocycles. The molecule has 2 rings (SSSR count). The summed E-state index contributed by atoms with van der Waals surface area (Å²) in [5, 5.41) is 3.15. The number of hydrogen-bond acceptors (Lipinski definition) is 3. The highest BCUT2D eigenvalue weighted by atomic mass is 32.1. The number of rotatable bonds is 5. The minimum absolute atomic E-state index is 0.109. The quantitative estimate of drug-likeness (QED) is 0.878. The van der Waals surface area contributed by atoms with Gasteiger partial charge in [0.05, 0.1) is 5.56 Å². The Morgan fingerprint density at radius 2 is 2.14 bits per heavy atom. The molecule has 1 N–H and O–H groups in total. The number of aromatic nitrogens is 1. The van der Waals surface area contributed by atoms with Crippen molar-refractivity contribution in [2.24, 2.45) is 0 Å². The Balaban J connectivity index is 2.06. The van der Waals surface area contributed by atoms with E-state index in [1.807, 2.05) is 6.92 Å². The van der Waals surface area contributed by atoms with Crippen LogP contribution < -0.4 is 5.32 Å². The second-order valence-electron chi connectivity index (χ2n) is 4.80. The van der Waals surface area contributed by atoms with Crippen LogP contribution in [0.4, 0.5) is 18.3 Å². The Hall–Kier alpha value is -1.89. The molecule has 0 unspecified atom stereocenters. The monoisotopic (exact) mass is 328 g/mol. The fraction of sp³-hybridized carbons (Fsp3) is 0.333. The van der Waals surface area contributed by atoms with Crippen molar-refractivity contribution in [1.82, 2.24) is 4.98 Å². The normalized spacial score (nSPS) is 11.5. The molecule has 0 radical (unpaired) electrons. The van der Waals surface area contributed by atoms with Crippen LogP contribution in [-0.4, -0.2) is 10.9 Å². The molecule has 0 aliphatic heterocycles. The zero-order valence-corrected chi connectivity index (χ0v) is 12.7. The summed E-state index contributed by atoms with van der Waals surface area (Å²) in [5.74, 6) is -0.109.